The van der Waals surface area contributed by atoms with E-state index in [0.717, 1.165) is 31.5 Å². The number of benzene rings is 1. The van der Waals surface area contributed by atoms with Gasteiger partial charge in [-0.15, -0.1) is 0 Å². The molecule has 222 valence electrons. The number of amides is 1. The second-order valence-electron chi connectivity index (χ2n) is 12.1. The number of nitrogens with zero attached hydrogens (tertiary/aromatic N) is 1. The summed E-state index contributed by atoms with van der Waals surface area (Å²) in [5.74, 6) is 0.704. The summed E-state index contributed by atoms with van der Waals surface area (Å²) in [4.78, 5) is 14.1. The molecule has 7 heteroatoms. The van der Waals surface area contributed by atoms with Crippen LogP contribution >= 0.6 is 27.3 Å². The Kier molecular flexibility index (Phi) is 14.1. The van der Waals surface area contributed by atoms with Crippen LogP contribution in [0.3, 0.4) is 0 Å². The van der Waals surface area contributed by atoms with Crippen molar-refractivity contribution in [1.82, 2.24) is 4.90 Å². The molecule has 0 N–H and O–H groups in total. The molecule has 39 heavy (non-hydrogen) atoms. The normalized spacial score (nSPS) is 22.7. The van der Waals surface area contributed by atoms with Gasteiger partial charge >= 0.3 is 132 Å². The third-order valence-electron chi connectivity index (χ3n) is 9.41. The molecule has 3 nitrogen and oxygen atoms in total. The summed E-state index contributed by atoms with van der Waals surface area (Å²) in [6.45, 7) is 3.45. The molecule has 3 saturated carbocycles. The molecule has 0 bridgehead atoms. The van der Waals surface area contributed by atoms with Gasteiger partial charge in [0, 0.05) is 7.92 Å². The van der Waals surface area contributed by atoms with Gasteiger partial charge in [0.1, 0.15) is 0 Å². The first-order valence-electron chi connectivity index (χ1n) is 15.8. The molecular weight excluding hydrogens is 633 g/mol. The number of hydrogen-bond acceptors (Lipinski definition) is 2. The monoisotopic (exact) mass is 684 g/mol. The molecule has 1 atom stereocenters. The Labute approximate surface area is 252 Å². The van der Waals surface area contributed by atoms with Crippen LogP contribution < -0.4 is 4.74 Å². The quantitative estimate of drug-likeness (QED) is 0.212. The Balaban J connectivity index is 0.000000181. The van der Waals surface area contributed by atoms with Gasteiger partial charge in [-0.1, -0.05) is 19.3 Å². The van der Waals surface area contributed by atoms with Crippen LogP contribution in [-0.2, 0) is 18.3 Å². The Morgan fingerprint density at radius 2 is 1.28 bits per heavy atom. The van der Waals surface area contributed by atoms with E-state index in [1.807, 2.05) is 33.8 Å². The van der Waals surface area contributed by atoms with Gasteiger partial charge < -0.3 is 0 Å². The average molecular weight is 685 g/mol. The van der Waals surface area contributed by atoms with Crippen molar-refractivity contribution in [2.45, 2.75) is 139 Å². The van der Waals surface area contributed by atoms with Crippen LogP contribution in [-0.4, -0.2) is 51.6 Å². The van der Waals surface area contributed by atoms with Crippen LogP contribution in [0.15, 0.2) is 24.3 Å². The molecule has 1 heterocycles. The molecule has 1 aromatic carbocycles. The summed E-state index contributed by atoms with van der Waals surface area (Å²) >= 11 is -1.91. The van der Waals surface area contributed by atoms with Crippen LogP contribution in [0.1, 0.15) is 122 Å². The molecule has 0 spiro atoms. The first-order valence-corrected chi connectivity index (χ1v) is 23.0. The molecule has 3 aliphatic carbocycles. The van der Waals surface area contributed by atoms with Crippen LogP contribution in [0.4, 0.5) is 0 Å². The summed E-state index contributed by atoms with van der Waals surface area (Å²) < 4.78 is 7.63. The number of carbonyl (C=O) groups is 1. The van der Waals surface area contributed by atoms with Gasteiger partial charge in [0.05, 0.1) is 17.0 Å². The molecule has 0 radical (unpaired) electrons. The van der Waals surface area contributed by atoms with Crippen molar-refractivity contribution in [3.63, 3.8) is 0 Å². The van der Waals surface area contributed by atoms with Crippen molar-refractivity contribution in [1.29, 1.82) is 0 Å². The molecule has 4 aliphatic rings. The maximum atomic E-state index is 12.2. The Hall–Kier alpha value is -0.00662. The van der Waals surface area contributed by atoms with E-state index in [1.165, 1.54) is 17.0 Å². The van der Waals surface area contributed by atoms with Crippen LogP contribution in [0.5, 0.6) is 5.75 Å². The summed E-state index contributed by atoms with van der Waals surface area (Å²) in [6.07, 6.45) is 25.5. The molecule has 1 aliphatic heterocycles. The SMILES string of the molecule is C1CCC([PH+](C2CCCCC2)C2CCCCC2)CC1.CC(Oc1ccccc1[CH]=[Ru]([Cl])[Cl])C(=O)N1CCCC1. The molecule has 1 saturated heterocycles. The van der Waals surface area contributed by atoms with Gasteiger partial charge in [0.15, 0.2) is 0 Å². The van der Waals surface area contributed by atoms with Gasteiger partial charge in [0.2, 0.25) is 0 Å². The molecule has 4 fully saturated rings. The van der Waals surface area contributed by atoms with E-state index < -0.39 is 19.6 Å². The topological polar surface area (TPSA) is 29.5 Å². The van der Waals surface area contributed by atoms with Crippen LogP contribution in [0, 0.1) is 0 Å². The standard InChI is InChI=1S/C18H33P.C14H17NO2.2ClH.Ru/c1-4-10-16(11-5-1)19(17-12-6-2-7-13-17)18-14-8-3-9-15-18;1-11-7-3-4-8-13(11)17-12(2)14(16)15-9-5-6-10-15;;;/h16-18H,1-15H2;1,3-4,7-8,12H,5-6,9-10H2,2H3;2*1H;/q;;;;+2/p-1. The minimum atomic E-state index is -1.91. The van der Waals surface area contributed by atoms with Crippen molar-refractivity contribution in [3.8, 4) is 5.75 Å². The Bertz CT molecular complexity index is 860. The summed E-state index contributed by atoms with van der Waals surface area (Å²) in [6, 6.07) is 7.51. The predicted octanol–water partition coefficient (Wildman–Crippen LogP) is 9.35. The summed E-state index contributed by atoms with van der Waals surface area (Å²) in [7, 11) is 11.8. The number of halogens is 2. The molecule has 1 amide bonds. The average Bonchev–Trinajstić information content (AvgIpc) is 3.51. The number of ether oxygens (including phenoxy) is 1. The zero-order chi connectivity index (χ0) is 27.5. The van der Waals surface area contributed by atoms with Gasteiger partial charge in [0.25, 0.3) is 0 Å². The van der Waals surface area contributed by atoms with Crippen molar-refractivity contribution in [3.05, 3.63) is 29.8 Å². The zero-order valence-electron chi connectivity index (χ0n) is 24.0. The number of para-hydroxylation sites is 1. The Morgan fingerprint density at radius 1 is 0.821 bits per heavy atom. The first-order chi connectivity index (χ1) is 19.0. The third kappa shape index (κ3) is 10.0. The van der Waals surface area contributed by atoms with Crippen molar-refractivity contribution in [2.24, 2.45) is 0 Å². The second-order valence-corrected chi connectivity index (χ2v) is 21.3. The van der Waals surface area contributed by atoms with E-state index in [4.69, 9.17) is 24.1 Å². The maximum absolute atomic E-state index is 12.2. The van der Waals surface area contributed by atoms with E-state index in [2.05, 4.69) is 0 Å². The summed E-state index contributed by atoms with van der Waals surface area (Å²) in [5.41, 5.74) is 4.54. The zero-order valence-corrected chi connectivity index (χ0v) is 28.3. The third-order valence-corrected chi connectivity index (χ3v) is 15.8. The van der Waals surface area contributed by atoms with Crippen molar-refractivity contribution < 1.29 is 23.0 Å². The molecule has 5 rings (SSSR count). The van der Waals surface area contributed by atoms with Gasteiger partial charge in [-0.05, 0) is 77.0 Å². The molecule has 1 aromatic rings. The van der Waals surface area contributed by atoms with Gasteiger partial charge in [-0.25, -0.2) is 0 Å². The van der Waals surface area contributed by atoms with E-state index in [9.17, 15) is 4.79 Å². The van der Waals surface area contributed by atoms with Gasteiger partial charge in [-0.3, -0.25) is 0 Å². The number of likely N-dealkylation sites (tertiary alicyclic amines) is 1. The minimum absolute atomic E-state index is 0.0447. The fraction of sp³-hybridized carbons (Fsp3) is 0.750. The predicted molar refractivity (Wildman–Crippen MR) is 168 cm³/mol. The van der Waals surface area contributed by atoms with E-state index >= 15 is 0 Å². The molecule has 0 aromatic heterocycles. The van der Waals surface area contributed by atoms with Gasteiger partial charge in [-0.2, -0.15) is 0 Å². The Morgan fingerprint density at radius 3 is 1.74 bits per heavy atom. The number of hydrogen-bond donors (Lipinski definition) is 0. The van der Waals surface area contributed by atoms with Crippen molar-refractivity contribution in [2.75, 3.05) is 13.1 Å². The number of rotatable bonds is 7. The summed E-state index contributed by atoms with van der Waals surface area (Å²) in [5, 5.41) is 0. The first kappa shape index (κ1) is 31.9. The number of carbonyl (C=O) groups excluding carboxylic acids is 1. The van der Waals surface area contributed by atoms with E-state index in [-0.39, 0.29) is 13.8 Å². The van der Waals surface area contributed by atoms with E-state index in [1.54, 1.807) is 103 Å². The van der Waals surface area contributed by atoms with E-state index in [0.29, 0.717) is 5.75 Å². The molecular formula is C32H51Cl2NO2PRu+. The second kappa shape index (κ2) is 17.2. The van der Waals surface area contributed by atoms with Crippen LogP contribution in [0.2, 0.25) is 0 Å². The molecule has 1 unspecified atom stereocenters. The fourth-order valence-corrected chi connectivity index (χ4v) is 14.5. The fourth-order valence-electron chi connectivity index (χ4n) is 7.50. The van der Waals surface area contributed by atoms with Crippen LogP contribution in [0.25, 0.3) is 0 Å². The van der Waals surface area contributed by atoms with Crippen molar-refractivity contribution >= 4 is 37.8 Å².